The molecule has 0 spiro atoms. The fourth-order valence-corrected chi connectivity index (χ4v) is 3.30. The third kappa shape index (κ3) is 3.30. The minimum absolute atomic E-state index is 0.0377. The van der Waals surface area contributed by atoms with Crippen molar-refractivity contribution in [2.24, 2.45) is 5.84 Å². The topological polar surface area (TPSA) is 38.0 Å². The van der Waals surface area contributed by atoms with E-state index in [1.54, 1.807) is 6.07 Å². The van der Waals surface area contributed by atoms with Crippen molar-refractivity contribution in [1.29, 1.82) is 0 Å². The molecule has 1 unspecified atom stereocenters. The fraction of sp³-hybridized carbons (Fsp3) is 0.167. The van der Waals surface area contributed by atoms with Crippen molar-refractivity contribution in [3.05, 3.63) is 55.4 Å². The van der Waals surface area contributed by atoms with E-state index in [9.17, 15) is 4.39 Å². The lowest BCUT2D eigenvalue weighted by Gasteiger charge is -2.15. The largest absolute Gasteiger partial charge is 0.271 e. The van der Waals surface area contributed by atoms with Crippen LogP contribution < -0.4 is 11.3 Å². The van der Waals surface area contributed by atoms with E-state index in [0.29, 0.717) is 6.42 Å². The van der Waals surface area contributed by atoms with Gasteiger partial charge in [-0.25, -0.2) is 4.39 Å². The predicted octanol–water partition coefficient (Wildman–Crippen LogP) is 4.05. The maximum Gasteiger partial charge on any atom is 0.124 e. The molecule has 1 aromatic carbocycles. The van der Waals surface area contributed by atoms with Gasteiger partial charge in [0.15, 0.2) is 0 Å². The summed E-state index contributed by atoms with van der Waals surface area (Å²) in [5.41, 5.74) is 3.75. The molecule has 1 aromatic heterocycles. The number of benzene rings is 1. The number of nitrogens with one attached hydrogen (secondary N) is 1. The highest BCUT2D eigenvalue weighted by molar-refractivity contribution is 9.10. The van der Waals surface area contributed by atoms with Crippen LogP contribution in [0.25, 0.3) is 0 Å². The van der Waals surface area contributed by atoms with Gasteiger partial charge in [0, 0.05) is 9.35 Å². The van der Waals surface area contributed by atoms with Crippen LogP contribution in [0.2, 0.25) is 4.34 Å². The number of hydrogen-bond donors (Lipinski definition) is 2. The zero-order valence-electron chi connectivity index (χ0n) is 9.29. The van der Waals surface area contributed by atoms with Gasteiger partial charge < -0.3 is 0 Å². The second-order valence-corrected chi connectivity index (χ2v) is 6.40. The Morgan fingerprint density at radius 2 is 2.17 bits per heavy atom. The Hall–Kier alpha value is -0.460. The molecule has 1 heterocycles. The molecule has 0 saturated carbocycles. The Balaban J connectivity index is 2.20. The normalized spacial score (nSPS) is 12.7. The van der Waals surface area contributed by atoms with Gasteiger partial charge in [0.05, 0.1) is 10.4 Å². The van der Waals surface area contributed by atoms with Gasteiger partial charge >= 0.3 is 0 Å². The van der Waals surface area contributed by atoms with Crippen molar-refractivity contribution in [1.82, 2.24) is 5.43 Å². The van der Waals surface area contributed by atoms with Gasteiger partial charge in [-0.2, -0.15) is 0 Å². The molecule has 96 valence electrons. The Kier molecular flexibility index (Phi) is 4.75. The first-order chi connectivity index (χ1) is 8.60. The lowest BCUT2D eigenvalue weighted by molar-refractivity contribution is 0.558. The van der Waals surface area contributed by atoms with E-state index < -0.39 is 0 Å². The molecule has 2 aromatic rings. The summed E-state index contributed by atoms with van der Waals surface area (Å²) in [7, 11) is 0. The summed E-state index contributed by atoms with van der Waals surface area (Å²) < 4.78 is 14.5. The SMILES string of the molecule is NNC(Cc1ccc(F)cc1Br)c1ccc(Cl)s1. The van der Waals surface area contributed by atoms with E-state index in [-0.39, 0.29) is 11.9 Å². The highest BCUT2D eigenvalue weighted by atomic mass is 79.9. The van der Waals surface area contributed by atoms with E-state index in [1.807, 2.05) is 12.1 Å². The molecule has 0 aliphatic rings. The summed E-state index contributed by atoms with van der Waals surface area (Å²) in [6.45, 7) is 0. The fourth-order valence-electron chi connectivity index (χ4n) is 1.66. The van der Waals surface area contributed by atoms with Crippen molar-refractivity contribution in [3.63, 3.8) is 0 Å². The molecule has 18 heavy (non-hydrogen) atoms. The molecule has 0 amide bonds. The zero-order valence-corrected chi connectivity index (χ0v) is 12.4. The molecule has 3 N–H and O–H groups in total. The molecule has 0 aliphatic carbocycles. The molecule has 0 saturated heterocycles. The molecule has 0 bridgehead atoms. The second kappa shape index (κ2) is 6.12. The van der Waals surface area contributed by atoms with Gasteiger partial charge in [0.2, 0.25) is 0 Å². The molecular weight excluding hydrogens is 339 g/mol. The summed E-state index contributed by atoms with van der Waals surface area (Å²) >= 11 is 10.7. The Morgan fingerprint density at radius 3 is 2.72 bits per heavy atom. The summed E-state index contributed by atoms with van der Waals surface area (Å²) in [5.74, 6) is 5.30. The molecule has 0 fully saturated rings. The first-order valence-corrected chi connectivity index (χ1v) is 7.24. The lowest BCUT2D eigenvalue weighted by atomic mass is 10.1. The maximum absolute atomic E-state index is 13.0. The average Bonchev–Trinajstić information content (AvgIpc) is 2.75. The van der Waals surface area contributed by atoms with Crippen LogP contribution in [-0.4, -0.2) is 0 Å². The van der Waals surface area contributed by atoms with E-state index in [0.717, 1.165) is 19.2 Å². The van der Waals surface area contributed by atoms with E-state index >= 15 is 0 Å². The number of rotatable bonds is 4. The second-order valence-electron chi connectivity index (χ2n) is 3.80. The minimum atomic E-state index is -0.262. The number of nitrogens with two attached hydrogens (primary N) is 1. The van der Waals surface area contributed by atoms with Gasteiger partial charge in [0.1, 0.15) is 5.82 Å². The molecule has 0 radical (unpaired) electrons. The first-order valence-electron chi connectivity index (χ1n) is 5.25. The Morgan fingerprint density at radius 1 is 1.39 bits per heavy atom. The van der Waals surface area contributed by atoms with Crippen LogP contribution in [0, 0.1) is 5.82 Å². The smallest absolute Gasteiger partial charge is 0.124 e. The molecule has 2 nitrogen and oxygen atoms in total. The van der Waals surface area contributed by atoms with Crippen LogP contribution in [0.4, 0.5) is 4.39 Å². The third-order valence-corrected chi connectivity index (χ3v) is 4.66. The zero-order chi connectivity index (χ0) is 13.1. The van der Waals surface area contributed by atoms with Crippen LogP contribution >= 0.6 is 38.9 Å². The van der Waals surface area contributed by atoms with Crippen LogP contribution in [0.3, 0.4) is 0 Å². The molecule has 2 rings (SSSR count). The lowest BCUT2D eigenvalue weighted by Crippen LogP contribution is -2.29. The van der Waals surface area contributed by atoms with Crippen molar-refractivity contribution in [2.75, 3.05) is 0 Å². The van der Waals surface area contributed by atoms with Gasteiger partial charge in [0.25, 0.3) is 0 Å². The van der Waals surface area contributed by atoms with Crippen LogP contribution in [0.5, 0.6) is 0 Å². The summed E-state index contributed by atoms with van der Waals surface area (Å²) in [4.78, 5) is 1.05. The Bertz CT molecular complexity index is 547. The van der Waals surface area contributed by atoms with Crippen molar-refractivity contribution in [2.45, 2.75) is 12.5 Å². The molecule has 1 atom stereocenters. The quantitative estimate of drug-likeness (QED) is 0.645. The van der Waals surface area contributed by atoms with Gasteiger partial charge in [-0.15, -0.1) is 11.3 Å². The third-order valence-electron chi connectivity index (χ3n) is 2.58. The van der Waals surface area contributed by atoms with Crippen molar-refractivity contribution >= 4 is 38.9 Å². The van der Waals surface area contributed by atoms with Crippen molar-refractivity contribution in [3.8, 4) is 0 Å². The predicted molar refractivity (Wildman–Crippen MR) is 77.2 cm³/mol. The standard InChI is InChI=1S/C12H11BrClFN2S/c13-9-6-8(15)2-1-7(9)5-10(17-16)11-3-4-12(14)18-11/h1-4,6,10,17H,5,16H2. The first kappa shape index (κ1) is 14.0. The van der Waals surface area contributed by atoms with Gasteiger partial charge in [-0.1, -0.05) is 33.6 Å². The average molecular weight is 350 g/mol. The Labute approximate surface area is 122 Å². The van der Waals surface area contributed by atoms with Crippen LogP contribution in [0.15, 0.2) is 34.8 Å². The van der Waals surface area contributed by atoms with Crippen LogP contribution in [-0.2, 0) is 6.42 Å². The van der Waals surface area contributed by atoms with Gasteiger partial charge in [-0.05, 0) is 36.2 Å². The van der Waals surface area contributed by atoms with Crippen LogP contribution in [0.1, 0.15) is 16.5 Å². The number of halogens is 3. The van der Waals surface area contributed by atoms with Crippen molar-refractivity contribution < 1.29 is 4.39 Å². The molecule has 6 heteroatoms. The minimum Gasteiger partial charge on any atom is -0.271 e. The number of hydrazine groups is 1. The highest BCUT2D eigenvalue weighted by Gasteiger charge is 2.14. The number of hydrogen-bond acceptors (Lipinski definition) is 3. The van der Waals surface area contributed by atoms with Gasteiger partial charge in [-0.3, -0.25) is 11.3 Å². The van der Waals surface area contributed by atoms with E-state index in [1.165, 1.54) is 23.5 Å². The number of thiophene rings is 1. The van der Waals surface area contributed by atoms with E-state index in [2.05, 4.69) is 21.4 Å². The van der Waals surface area contributed by atoms with E-state index in [4.69, 9.17) is 17.4 Å². The summed E-state index contributed by atoms with van der Waals surface area (Å²) in [6.07, 6.45) is 0.661. The summed E-state index contributed by atoms with van der Waals surface area (Å²) in [6, 6.07) is 8.38. The molecular formula is C12H11BrClFN2S. The summed E-state index contributed by atoms with van der Waals surface area (Å²) in [5, 5.41) is 0. The highest BCUT2D eigenvalue weighted by Crippen LogP contribution is 2.30. The monoisotopic (exact) mass is 348 g/mol. The molecule has 0 aliphatic heterocycles. The maximum atomic E-state index is 13.0.